The number of hydrogen-bond donors (Lipinski definition) is 1. The Balaban J connectivity index is 1.70. The lowest BCUT2D eigenvalue weighted by atomic mass is 10.00. The summed E-state index contributed by atoms with van der Waals surface area (Å²) in [6, 6.07) is 8.19. The largest absolute Gasteiger partial charge is 0.339 e. The van der Waals surface area contributed by atoms with Gasteiger partial charge in [-0.05, 0) is 37.1 Å². The lowest BCUT2D eigenvalue weighted by molar-refractivity contribution is 0.320. The van der Waals surface area contributed by atoms with E-state index in [1.165, 1.54) is 12.0 Å². The van der Waals surface area contributed by atoms with Crippen LogP contribution in [0.15, 0.2) is 33.3 Å². The lowest BCUT2D eigenvalue weighted by Gasteiger charge is -2.18. The second-order valence-electron chi connectivity index (χ2n) is 4.90. The highest BCUT2D eigenvalue weighted by atomic mass is 79.9. The van der Waals surface area contributed by atoms with Crippen LogP contribution in [0.1, 0.15) is 36.0 Å². The molecule has 0 spiro atoms. The van der Waals surface area contributed by atoms with Crippen LogP contribution in [0.3, 0.4) is 0 Å². The maximum Gasteiger partial charge on any atom is 0.231 e. The van der Waals surface area contributed by atoms with Crippen molar-refractivity contribution < 1.29 is 4.52 Å². The Kier molecular flexibility index (Phi) is 3.94. The Labute approximate surface area is 120 Å². The molecule has 5 heteroatoms. The average Bonchev–Trinajstić information content (AvgIpc) is 2.88. The van der Waals surface area contributed by atoms with E-state index in [4.69, 9.17) is 4.52 Å². The summed E-state index contributed by atoms with van der Waals surface area (Å²) in [7, 11) is 0. The van der Waals surface area contributed by atoms with Crippen LogP contribution < -0.4 is 5.32 Å². The van der Waals surface area contributed by atoms with Gasteiger partial charge in [0.1, 0.15) is 0 Å². The van der Waals surface area contributed by atoms with Crippen LogP contribution in [-0.2, 0) is 6.42 Å². The molecule has 2 heterocycles. The number of piperidine rings is 1. The Morgan fingerprint density at radius 3 is 3.16 bits per heavy atom. The van der Waals surface area contributed by atoms with Gasteiger partial charge >= 0.3 is 0 Å². The van der Waals surface area contributed by atoms with E-state index in [1.807, 2.05) is 12.1 Å². The minimum absolute atomic E-state index is 0.373. The maximum absolute atomic E-state index is 5.39. The fourth-order valence-electron chi connectivity index (χ4n) is 2.40. The zero-order valence-electron chi connectivity index (χ0n) is 10.6. The second kappa shape index (κ2) is 5.84. The highest BCUT2D eigenvalue weighted by molar-refractivity contribution is 9.10. The lowest BCUT2D eigenvalue weighted by Crippen LogP contribution is -2.28. The average molecular weight is 322 g/mol. The fraction of sp³-hybridized carbons (Fsp3) is 0.429. The molecule has 1 aromatic heterocycles. The van der Waals surface area contributed by atoms with E-state index in [-0.39, 0.29) is 0 Å². The highest BCUT2D eigenvalue weighted by Gasteiger charge is 2.21. The van der Waals surface area contributed by atoms with Gasteiger partial charge in [-0.25, -0.2) is 0 Å². The third-order valence-electron chi connectivity index (χ3n) is 3.38. The van der Waals surface area contributed by atoms with Crippen LogP contribution in [0.2, 0.25) is 0 Å². The Bertz CT molecular complexity index is 549. The van der Waals surface area contributed by atoms with E-state index in [9.17, 15) is 0 Å². The summed E-state index contributed by atoms with van der Waals surface area (Å²) in [4.78, 5) is 4.53. The monoisotopic (exact) mass is 321 g/mol. The van der Waals surface area contributed by atoms with Gasteiger partial charge in [-0.2, -0.15) is 4.98 Å². The van der Waals surface area contributed by atoms with Crippen LogP contribution in [0.5, 0.6) is 0 Å². The molecule has 0 bridgehead atoms. The van der Waals surface area contributed by atoms with Gasteiger partial charge in [0.2, 0.25) is 5.89 Å². The molecule has 19 heavy (non-hydrogen) atoms. The van der Waals surface area contributed by atoms with Crippen molar-refractivity contribution in [1.82, 2.24) is 15.5 Å². The molecule has 1 unspecified atom stereocenters. The molecule has 4 nitrogen and oxygen atoms in total. The van der Waals surface area contributed by atoms with Crippen LogP contribution in [0, 0.1) is 0 Å². The molecular formula is C14H16BrN3O. The quantitative estimate of drug-likeness (QED) is 0.944. The molecule has 2 aromatic rings. The number of hydrogen-bond acceptors (Lipinski definition) is 4. The van der Waals surface area contributed by atoms with Crippen LogP contribution >= 0.6 is 15.9 Å². The molecule has 1 N–H and O–H groups in total. The first-order valence-corrected chi connectivity index (χ1v) is 7.38. The van der Waals surface area contributed by atoms with Crippen LogP contribution in [-0.4, -0.2) is 23.2 Å². The van der Waals surface area contributed by atoms with Gasteiger partial charge < -0.3 is 9.84 Å². The van der Waals surface area contributed by atoms with Gasteiger partial charge in [-0.1, -0.05) is 33.2 Å². The predicted molar refractivity (Wildman–Crippen MR) is 76.1 cm³/mol. The van der Waals surface area contributed by atoms with E-state index >= 15 is 0 Å². The Morgan fingerprint density at radius 1 is 1.42 bits per heavy atom. The SMILES string of the molecule is Brc1cccc(Cc2noc(C3CCCNC3)n2)c1. The first kappa shape index (κ1) is 12.8. The molecule has 0 amide bonds. The van der Waals surface area contributed by atoms with E-state index in [0.29, 0.717) is 12.3 Å². The van der Waals surface area contributed by atoms with Crippen molar-refractivity contribution in [3.8, 4) is 0 Å². The van der Waals surface area contributed by atoms with Gasteiger partial charge in [0.15, 0.2) is 5.82 Å². The Hall–Kier alpha value is -1.20. The normalized spacial score (nSPS) is 19.5. The minimum Gasteiger partial charge on any atom is -0.339 e. The summed E-state index contributed by atoms with van der Waals surface area (Å²) < 4.78 is 6.47. The van der Waals surface area contributed by atoms with Crippen molar-refractivity contribution in [2.24, 2.45) is 0 Å². The molecule has 0 aliphatic carbocycles. The number of nitrogens with one attached hydrogen (secondary N) is 1. The van der Waals surface area contributed by atoms with Gasteiger partial charge in [0, 0.05) is 17.4 Å². The summed E-state index contributed by atoms with van der Waals surface area (Å²) in [5.74, 6) is 1.91. The molecule has 1 fully saturated rings. The predicted octanol–water partition coefficient (Wildman–Crippen LogP) is 2.89. The summed E-state index contributed by atoms with van der Waals surface area (Å²) in [5.41, 5.74) is 1.18. The van der Waals surface area contributed by atoms with Gasteiger partial charge in [-0.3, -0.25) is 0 Å². The van der Waals surface area contributed by atoms with Gasteiger partial charge in [-0.15, -0.1) is 0 Å². The number of rotatable bonds is 3. The summed E-state index contributed by atoms with van der Waals surface area (Å²) in [5, 5.41) is 7.45. The highest BCUT2D eigenvalue weighted by Crippen LogP contribution is 2.22. The van der Waals surface area contributed by atoms with Crippen molar-refractivity contribution in [3.63, 3.8) is 0 Å². The number of aromatic nitrogens is 2. The molecule has 1 saturated heterocycles. The standard InChI is InChI=1S/C14H16BrN3O/c15-12-5-1-3-10(7-12)8-13-17-14(19-18-13)11-4-2-6-16-9-11/h1,3,5,7,11,16H,2,4,6,8-9H2. The van der Waals surface area contributed by atoms with Crippen LogP contribution in [0.25, 0.3) is 0 Å². The summed E-state index contributed by atoms with van der Waals surface area (Å²) in [6.07, 6.45) is 3.02. The van der Waals surface area contributed by atoms with Crippen molar-refractivity contribution in [1.29, 1.82) is 0 Å². The minimum atomic E-state index is 0.373. The van der Waals surface area contributed by atoms with Gasteiger partial charge in [0.05, 0.1) is 5.92 Å². The van der Waals surface area contributed by atoms with Crippen molar-refractivity contribution in [2.75, 3.05) is 13.1 Å². The van der Waals surface area contributed by atoms with E-state index in [1.54, 1.807) is 0 Å². The molecular weight excluding hydrogens is 306 g/mol. The van der Waals surface area contributed by atoms with Crippen molar-refractivity contribution in [3.05, 3.63) is 46.0 Å². The smallest absolute Gasteiger partial charge is 0.231 e. The second-order valence-corrected chi connectivity index (χ2v) is 5.81. The first-order chi connectivity index (χ1) is 9.31. The van der Waals surface area contributed by atoms with Crippen LogP contribution in [0.4, 0.5) is 0 Å². The zero-order valence-corrected chi connectivity index (χ0v) is 12.2. The molecule has 1 aliphatic rings. The molecule has 0 radical (unpaired) electrons. The van der Waals surface area contributed by atoms with E-state index in [0.717, 1.165) is 35.7 Å². The number of benzene rings is 1. The first-order valence-electron chi connectivity index (χ1n) is 6.59. The zero-order chi connectivity index (χ0) is 13.1. The molecule has 0 saturated carbocycles. The molecule has 3 rings (SSSR count). The van der Waals surface area contributed by atoms with Crippen molar-refractivity contribution >= 4 is 15.9 Å². The van der Waals surface area contributed by atoms with Gasteiger partial charge in [0.25, 0.3) is 0 Å². The Morgan fingerprint density at radius 2 is 2.37 bits per heavy atom. The molecule has 1 aromatic carbocycles. The fourth-order valence-corrected chi connectivity index (χ4v) is 2.84. The third kappa shape index (κ3) is 3.22. The molecule has 1 aliphatic heterocycles. The topological polar surface area (TPSA) is 51.0 Å². The summed E-state index contributed by atoms with van der Waals surface area (Å²) >= 11 is 3.47. The molecule has 1 atom stereocenters. The number of nitrogens with zero attached hydrogens (tertiary/aromatic N) is 2. The van der Waals surface area contributed by atoms with Crippen molar-refractivity contribution in [2.45, 2.75) is 25.2 Å². The third-order valence-corrected chi connectivity index (χ3v) is 3.87. The summed E-state index contributed by atoms with van der Waals surface area (Å²) in [6.45, 7) is 2.04. The number of halogens is 1. The van der Waals surface area contributed by atoms with E-state index < -0.39 is 0 Å². The van der Waals surface area contributed by atoms with E-state index in [2.05, 4.69) is 43.5 Å². The maximum atomic E-state index is 5.39. The molecule has 100 valence electrons.